The Hall–Kier alpha value is -0.390. The fourth-order valence-corrected chi connectivity index (χ4v) is 2.95. The molecule has 1 saturated carbocycles. The highest BCUT2D eigenvalue weighted by molar-refractivity contribution is 9.10. The number of hydrogen-bond acceptors (Lipinski definition) is 3. The summed E-state index contributed by atoms with van der Waals surface area (Å²) in [5.41, 5.74) is 5.37. The maximum Gasteiger partial charge on any atom is 0.239 e. The summed E-state index contributed by atoms with van der Waals surface area (Å²) in [4.78, 5) is 12.3. The maximum atomic E-state index is 11.3. The van der Waals surface area contributed by atoms with Crippen molar-refractivity contribution in [3.63, 3.8) is 0 Å². The lowest BCUT2D eigenvalue weighted by molar-refractivity contribution is -0.120. The van der Waals surface area contributed by atoms with Crippen molar-refractivity contribution >= 4 is 33.2 Å². The van der Waals surface area contributed by atoms with Gasteiger partial charge in [-0.2, -0.15) is 0 Å². The lowest BCUT2D eigenvalue weighted by Crippen LogP contribution is -2.34. The number of nitrogens with two attached hydrogens (primary N) is 1. The van der Waals surface area contributed by atoms with E-state index in [4.69, 9.17) is 5.73 Å². The molecule has 0 saturated heterocycles. The number of rotatable bonds is 5. The summed E-state index contributed by atoms with van der Waals surface area (Å²) >= 11 is 4.92. The molecule has 0 radical (unpaired) electrons. The van der Waals surface area contributed by atoms with Gasteiger partial charge in [-0.3, -0.25) is 4.79 Å². The van der Waals surface area contributed by atoms with E-state index in [1.54, 1.807) is 11.3 Å². The lowest BCUT2D eigenvalue weighted by Gasteiger charge is -2.13. The molecule has 2 rings (SSSR count). The van der Waals surface area contributed by atoms with Gasteiger partial charge in [0.2, 0.25) is 5.91 Å². The number of thiophene rings is 1. The fourth-order valence-electron chi connectivity index (χ4n) is 1.43. The van der Waals surface area contributed by atoms with Crippen molar-refractivity contribution in [3.05, 3.63) is 20.8 Å². The van der Waals surface area contributed by atoms with Gasteiger partial charge in [0.1, 0.15) is 6.04 Å². The lowest BCUT2D eigenvalue weighted by atomic mass is 10.2. The summed E-state index contributed by atoms with van der Waals surface area (Å²) in [6.07, 6.45) is 2.54. The van der Waals surface area contributed by atoms with Crippen LogP contribution in [0.2, 0.25) is 0 Å². The average molecular weight is 289 g/mol. The van der Waals surface area contributed by atoms with Crippen LogP contribution in [-0.4, -0.2) is 12.5 Å². The van der Waals surface area contributed by atoms with Crippen molar-refractivity contribution in [1.29, 1.82) is 0 Å². The summed E-state index contributed by atoms with van der Waals surface area (Å²) in [6, 6.07) is 1.61. The number of primary amides is 1. The van der Waals surface area contributed by atoms with Gasteiger partial charge in [0, 0.05) is 14.7 Å². The van der Waals surface area contributed by atoms with Gasteiger partial charge < -0.3 is 11.1 Å². The summed E-state index contributed by atoms with van der Waals surface area (Å²) in [7, 11) is 0. The molecule has 0 spiro atoms. The van der Waals surface area contributed by atoms with Crippen LogP contribution in [0.4, 0.5) is 0 Å². The highest BCUT2D eigenvalue weighted by Crippen LogP contribution is 2.30. The van der Waals surface area contributed by atoms with Crippen LogP contribution in [0.15, 0.2) is 15.9 Å². The summed E-state index contributed by atoms with van der Waals surface area (Å²) in [5, 5.41) is 5.19. The topological polar surface area (TPSA) is 55.1 Å². The van der Waals surface area contributed by atoms with Crippen LogP contribution in [-0.2, 0) is 4.79 Å². The monoisotopic (exact) mass is 288 g/mol. The predicted molar refractivity (Wildman–Crippen MR) is 64.7 cm³/mol. The van der Waals surface area contributed by atoms with E-state index in [1.807, 2.05) is 11.4 Å². The molecule has 1 aliphatic rings. The Morgan fingerprint density at radius 3 is 2.93 bits per heavy atom. The molecule has 1 atom stereocenters. The average Bonchev–Trinajstić information content (AvgIpc) is 2.89. The normalized spacial score (nSPS) is 17.7. The van der Waals surface area contributed by atoms with Crippen LogP contribution < -0.4 is 11.1 Å². The number of amides is 1. The first-order valence-corrected chi connectivity index (χ1v) is 6.60. The maximum absolute atomic E-state index is 11.3. The summed E-state index contributed by atoms with van der Waals surface area (Å²) in [6.45, 7) is 0.892. The molecular formula is C10H13BrN2OS. The molecule has 1 aliphatic carbocycles. The van der Waals surface area contributed by atoms with Crippen LogP contribution >= 0.6 is 27.3 Å². The van der Waals surface area contributed by atoms with Gasteiger partial charge in [-0.05, 0) is 47.3 Å². The first kappa shape index (κ1) is 11.1. The second kappa shape index (κ2) is 4.63. The zero-order valence-corrected chi connectivity index (χ0v) is 10.6. The van der Waals surface area contributed by atoms with Crippen LogP contribution in [0.1, 0.15) is 23.8 Å². The standard InChI is InChI=1S/C10H13BrN2OS/c11-7-3-8(15-5-7)9(10(12)14)13-4-6-1-2-6/h3,5-6,9,13H,1-2,4H2,(H2,12,14). The van der Waals surface area contributed by atoms with Crippen LogP contribution in [0.25, 0.3) is 0 Å². The van der Waals surface area contributed by atoms with Crippen LogP contribution in [0.5, 0.6) is 0 Å². The van der Waals surface area contributed by atoms with E-state index in [0.717, 1.165) is 21.8 Å². The summed E-state index contributed by atoms with van der Waals surface area (Å²) < 4.78 is 1.00. The SMILES string of the molecule is NC(=O)C(NCC1CC1)c1cc(Br)cs1. The molecule has 15 heavy (non-hydrogen) atoms. The predicted octanol–water partition coefficient (Wildman–Crippen LogP) is 2.04. The molecule has 1 amide bonds. The molecule has 5 heteroatoms. The minimum atomic E-state index is -0.332. The second-order valence-corrected chi connectivity index (χ2v) is 5.71. The summed E-state index contributed by atoms with van der Waals surface area (Å²) in [5.74, 6) is 0.445. The molecule has 1 fully saturated rings. The van der Waals surface area contributed by atoms with Crippen molar-refractivity contribution in [2.24, 2.45) is 11.7 Å². The van der Waals surface area contributed by atoms with Gasteiger partial charge in [0.25, 0.3) is 0 Å². The number of hydrogen-bond donors (Lipinski definition) is 2. The third kappa shape index (κ3) is 3.03. The van der Waals surface area contributed by atoms with Gasteiger partial charge in [-0.1, -0.05) is 0 Å². The third-order valence-electron chi connectivity index (χ3n) is 2.46. The van der Waals surface area contributed by atoms with Crippen LogP contribution in [0, 0.1) is 5.92 Å². The molecule has 0 bridgehead atoms. The molecule has 0 aliphatic heterocycles. The molecule has 82 valence electrons. The minimum absolute atomic E-state index is 0.301. The molecule has 1 heterocycles. The van der Waals surface area contributed by atoms with Gasteiger partial charge in [-0.15, -0.1) is 11.3 Å². The molecule has 1 aromatic heterocycles. The van der Waals surface area contributed by atoms with E-state index in [0.29, 0.717) is 0 Å². The van der Waals surface area contributed by atoms with Gasteiger partial charge >= 0.3 is 0 Å². The Morgan fingerprint density at radius 2 is 2.47 bits per heavy atom. The van der Waals surface area contributed by atoms with E-state index in [2.05, 4.69) is 21.2 Å². The quantitative estimate of drug-likeness (QED) is 0.871. The zero-order valence-electron chi connectivity index (χ0n) is 8.20. The minimum Gasteiger partial charge on any atom is -0.368 e. The van der Waals surface area contributed by atoms with Crippen molar-refractivity contribution in [2.45, 2.75) is 18.9 Å². The number of carbonyl (C=O) groups excluding carboxylic acids is 1. The Morgan fingerprint density at radius 1 is 1.73 bits per heavy atom. The van der Waals surface area contributed by atoms with Crippen molar-refractivity contribution in [3.8, 4) is 0 Å². The number of carbonyl (C=O) groups is 1. The Labute approximate surface area is 101 Å². The molecule has 3 nitrogen and oxygen atoms in total. The van der Waals surface area contributed by atoms with Crippen molar-refractivity contribution in [1.82, 2.24) is 5.32 Å². The van der Waals surface area contributed by atoms with E-state index in [-0.39, 0.29) is 11.9 Å². The molecule has 3 N–H and O–H groups in total. The van der Waals surface area contributed by atoms with Gasteiger partial charge in [-0.25, -0.2) is 0 Å². The van der Waals surface area contributed by atoms with E-state index >= 15 is 0 Å². The number of nitrogens with one attached hydrogen (secondary N) is 1. The third-order valence-corrected chi connectivity index (χ3v) is 4.22. The highest BCUT2D eigenvalue weighted by Gasteiger charge is 2.25. The number of halogens is 1. The second-order valence-electron chi connectivity index (χ2n) is 3.85. The molecule has 1 unspecified atom stereocenters. The fraction of sp³-hybridized carbons (Fsp3) is 0.500. The Bertz CT molecular complexity index is 362. The van der Waals surface area contributed by atoms with Crippen molar-refractivity contribution in [2.75, 3.05) is 6.54 Å². The molecule has 0 aromatic carbocycles. The highest BCUT2D eigenvalue weighted by atomic mass is 79.9. The van der Waals surface area contributed by atoms with Gasteiger partial charge in [0.15, 0.2) is 0 Å². The first-order chi connectivity index (χ1) is 7.16. The van der Waals surface area contributed by atoms with Crippen molar-refractivity contribution < 1.29 is 4.79 Å². The van der Waals surface area contributed by atoms with Crippen LogP contribution in [0.3, 0.4) is 0 Å². The Balaban J connectivity index is 2.01. The molecular weight excluding hydrogens is 276 g/mol. The smallest absolute Gasteiger partial charge is 0.239 e. The van der Waals surface area contributed by atoms with E-state index in [1.165, 1.54) is 12.8 Å². The Kier molecular flexibility index (Phi) is 3.43. The van der Waals surface area contributed by atoms with Gasteiger partial charge in [0.05, 0.1) is 0 Å². The zero-order chi connectivity index (χ0) is 10.8. The largest absolute Gasteiger partial charge is 0.368 e. The molecule has 1 aromatic rings. The first-order valence-electron chi connectivity index (χ1n) is 4.93. The van der Waals surface area contributed by atoms with E-state index < -0.39 is 0 Å². The van der Waals surface area contributed by atoms with E-state index in [9.17, 15) is 4.79 Å².